The van der Waals surface area contributed by atoms with Crippen LogP contribution in [0.3, 0.4) is 0 Å². The van der Waals surface area contributed by atoms with Crippen molar-refractivity contribution >= 4 is 30.8 Å². The first-order chi connectivity index (χ1) is 19.6. The highest BCUT2D eigenvalue weighted by Gasteiger charge is 2.30. The second kappa shape index (κ2) is 23.3. The predicted molar refractivity (Wildman–Crippen MR) is 162 cm³/mol. The van der Waals surface area contributed by atoms with Crippen molar-refractivity contribution in [2.24, 2.45) is 5.92 Å². The number of hydrogen-bond acceptors (Lipinski definition) is 5. The lowest BCUT2D eigenvalue weighted by molar-refractivity contribution is -0.137. The Morgan fingerprint density at radius 2 is 1.49 bits per heavy atom. The Morgan fingerprint density at radius 1 is 0.927 bits per heavy atom. The number of carbonyl (C=O) groups is 3. The van der Waals surface area contributed by atoms with Gasteiger partial charge in [-0.05, 0) is 67.8 Å². The van der Waals surface area contributed by atoms with E-state index in [2.05, 4.69) is 38.2 Å². The molecule has 1 amide bonds. The van der Waals surface area contributed by atoms with Crippen molar-refractivity contribution in [3.8, 4) is 5.75 Å². The van der Waals surface area contributed by atoms with Crippen LogP contribution in [0.25, 0.3) is 0 Å². The zero-order valence-corrected chi connectivity index (χ0v) is 25.8. The molecule has 228 valence electrons. The Morgan fingerprint density at radius 3 is 1.95 bits per heavy atom. The minimum atomic E-state index is -4.36. The lowest BCUT2D eigenvalue weighted by atomic mass is 10.0. The van der Waals surface area contributed by atoms with Crippen LogP contribution < -0.4 is 10.1 Å². The minimum Gasteiger partial charge on any atom is -0.489 e. The quantitative estimate of drug-likeness (QED) is 0.268. The fourth-order valence-electron chi connectivity index (χ4n) is 3.27. The number of benzene rings is 2. The molecule has 1 heterocycles. The van der Waals surface area contributed by atoms with Crippen molar-refractivity contribution in [3.05, 3.63) is 87.1 Å². The predicted octanol–water partition coefficient (Wildman–Crippen LogP) is 8.75. The molecule has 3 aromatic rings. The number of rotatable bonds is 9. The summed E-state index contributed by atoms with van der Waals surface area (Å²) >= 11 is 1.84. The van der Waals surface area contributed by atoms with E-state index in [1.807, 2.05) is 57.8 Å². The highest BCUT2D eigenvalue weighted by Crippen LogP contribution is 2.29. The van der Waals surface area contributed by atoms with E-state index in [4.69, 9.17) is 14.3 Å². The molecule has 1 unspecified atom stereocenters. The van der Waals surface area contributed by atoms with Crippen molar-refractivity contribution in [3.63, 3.8) is 0 Å². The fraction of sp³-hybridized carbons (Fsp3) is 0.406. The van der Waals surface area contributed by atoms with Gasteiger partial charge in [-0.1, -0.05) is 64.8 Å². The van der Waals surface area contributed by atoms with Crippen molar-refractivity contribution < 1.29 is 32.3 Å². The van der Waals surface area contributed by atoms with Gasteiger partial charge in [0.25, 0.3) is 0 Å². The number of nitrogens with one attached hydrogen (secondary N) is 1. The molecule has 2 aromatic carbocycles. The fourth-order valence-corrected chi connectivity index (χ4v) is 4.05. The van der Waals surface area contributed by atoms with Crippen LogP contribution in [0.1, 0.15) is 73.4 Å². The van der Waals surface area contributed by atoms with E-state index in [1.54, 1.807) is 18.2 Å². The van der Waals surface area contributed by atoms with Crippen LogP contribution in [0.5, 0.6) is 5.75 Å². The van der Waals surface area contributed by atoms with Gasteiger partial charge in [0.15, 0.2) is 0 Å². The first-order valence-electron chi connectivity index (χ1n) is 13.3. The van der Waals surface area contributed by atoms with Crippen molar-refractivity contribution in [2.75, 3.05) is 0 Å². The molecule has 0 aliphatic carbocycles. The Bertz CT molecular complexity index is 1070. The molecule has 1 N–H and O–H groups in total. The number of hydrogen-bond donors (Lipinski definition) is 1. The molecule has 1 aromatic heterocycles. The van der Waals surface area contributed by atoms with Gasteiger partial charge < -0.3 is 19.6 Å². The Balaban J connectivity index is 0. The monoisotopic (exact) mass is 595 g/mol. The lowest BCUT2D eigenvalue weighted by Gasteiger charge is -2.12. The molecule has 1 atom stereocenters. The zero-order valence-electron chi connectivity index (χ0n) is 25.0. The van der Waals surface area contributed by atoms with Crippen LogP contribution >= 0.6 is 11.3 Å². The summed E-state index contributed by atoms with van der Waals surface area (Å²) in [5, 5.41) is 2.92. The molecule has 5 nitrogen and oxygen atoms in total. The molecule has 0 fully saturated rings. The summed E-state index contributed by atoms with van der Waals surface area (Å²) in [4.78, 5) is 30.8. The Kier molecular flexibility index (Phi) is 22.5. The van der Waals surface area contributed by atoms with Crippen LogP contribution in [0, 0.1) is 19.8 Å². The highest BCUT2D eigenvalue weighted by molar-refractivity contribution is 7.11. The number of amides is 1. The van der Waals surface area contributed by atoms with Crippen molar-refractivity contribution in [1.29, 1.82) is 0 Å². The number of thiophene rings is 1. The summed E-state index contributed by atoms with van der Waals surface area (Å²) < 4.78 is 43.8. The number of unbranched alkanes of at least 4 members (excludes halogenated alkanes) is 1. The van der Waals surface area contributed by atoms with E-state index in [0.717, 1.165) is 37.0 Å². The maximum atomic E-state index is 12.7. The number of ether oxygens (including phenoxy) is 1. The summed E-state index contributed by atoms with van der Waals surface area (Å²) in [5.74, 6) is 0.595. The highest BCUT2D eigenvalue weighted by atomic mass is 32.1. The standard InChI is InChI=1S/C22H26F3NO2.C6H8S.C2H6.2CH2O/c1-3-4-6-16(2)21(27)26-14-17-9-11-20(12-10-17)28-15-18-7-5-8-19(13-18)22(23,24)25;1-5-3-4-6(2)7-5;3*1-2/h5,7-13,16H,3-4,6,14-15H2,1-2H3,(H,26,27);3-4H,1-2H3;1-2H3;2*1H2. The molecule has 0 aliphatic rings. The van der Waals surface area contributed by atoms with Gasteiger partial charge >= 0.3 is 6.18 Å². The van der Waals surface area contributed by atoms with E-state index in [1.165, 1.54) is 15.8 Å². The van der Waals surface area contributed by atoms with E-state index >= 15 is 0 Å². The first kappa shape index (κ1) is 39.7. The smallest absolute Gasteiger partial charge is 0.416 e. The third-order valence-electron chi connectivity index (χ3n) is 5.36. The van der Waals surface area contributed by atoms with Crippen LogP contribution in [0.2, 0.25) is 0 Å². The topological polar surface area (TPSA) is 72.5 Å². The molecule has 0 aliphatic heterocycles. The molecule has 0 saturated heterocycles. The van der Waals surface area contributed by atoms with Gasteiger partial charge in [-0.15, -0.1) is 11.3 Å². The maximum Gasteiger partial charge on any atom is 0.416 e. The van der Waals surface area contributed by atoms with Gasteiger partial charge in [-0.2, -0.15) is 13.2 Å². The van der Waals surface area contributed by atoms with Gasteiger partial charge in [0.05, 0.1) is 5.56 Å². The Labute approximate surface area is 247 Å². The van der Waals surface area contributed by atoms with Crippen molar-refractivity contribution in [2.45, 2.75) is 80.1 Å². The molecule has 0 spiro atoms. The van der Waals surface area contributed by atoms with E-state index in [-0.39, 0.29) is 18.4 Å². The average Bonchev–Trinajstić information content (AvgIpc) is 3.39. The lowest BCUT2D eigenvalue weighted by Crippen LogP contribution is -2.28. The Hall–Kier alpha value is -3.46. The second-order valence-corrected chi connectivity index (χ2v) is 10.0. The van der Waals surface area contributed by atoms with Crippen LogP contribution in [0.15, 0.2) is 60.7 Å². The molecular weight excluding hydrogens is 551 g/mol. The zero-order chi connectivity index (χ0) is 31.8. The number of aryl methyl sites for hydroxylation is 2. The third-order valence-corrected chi connectivity index (χ3v) is 6.28. The van der Waals surface area contributed by atoms with E-state index < -0.39 is 11.7 Å². The number of alkyl halides is 3. The maximum absolute atomic E-state index is 12.7. The largest absolute Gasteiger partial charge is 0.489 e. The molecule has 9 heteroatoms. The third kappa shape index (κ3) is 17.8. The normalized spacial score (nSPS) is 10.5. The molecular formula is C32H44F3NO4S. The van der Waals surface area contributed by atoms with E-state index in [9.17, 15) is 18.0 Å². The van der Waals surface area contributed by atoms with Gasteiger partial charge in [0.1, 0.15) is 25.9 Å². The second-order valence-electron chi connectivity index (χ2n) is 8.55. The number of halogens is 3. The van der Waals surface area contributed by atoms with Crippen LogP contribution in [-0.2, 0) is 33.7 Å². The van der Waals surface area contributed by atoms with Gasteiger partial charge in [0, 0.05) is 22.2 Å². The molecule has 0 saturated carbocycles. The average molecular weight is 596 g/mol. The summed E-state index contributed by atoms with van der Waals surface area (Å²) in [7, 11) is 0. The van der Waals surface area contributed by atoms with Crippen LogP contribution in [-0.4, -0.2) is 19.5 Å². The minimum absolute atomic E-state index is 0.00461. The summed E-state index contributed by atoms with van der Waals surface area (Å²) in [6.07, 6.45) is -1.38. The summed E-state index contributed by atoms with van der Waals surface area (Å²) in [5.41, 5.74) is 0.697. The van der Waals surface area contributed by atoms with Crippen molar-refractivity contribution in [1.82, 2.24) is 5.32 Å². The first-order valence-corrected chi connectivity index (χ1v) is 14.2. The molecule has 0 bridgehead atoms. The van der Waals surface area contributed by atoms with Crippen LogP contribution in [0.4, 0.5) is 13.2 Å². The number of carbonyl (C=O) groups excluding carboxylic acids is 3. The molecule has 3 rings (SSSR count). The summed E-state index contributed by atoms with van der Waals surface area (Å²) in [6, 6.07) is 16.5. The summed E-state index contributed by atoms with van der Waals surface area (Å²) in [6.45, 7) is 16.8. The van der Waals surface area contributed by atoms with E-state index in [0.29, 0.717) is 17.9 Å². The van der Waals surface area contributed by atoms with Gasteiger partial charge in [-0.25, -0.2) is 0 Å². The van der Waals surface area contributed by atoms with Gasteiger partial charge in [0.2, 0.25) is 5.91 Å². The molecule has 0 radical (unpaired) electrons. The SMILES string of the molecule is C=O.C=O.CC.CCCCC(C)C(=O)NCc1ccc(OCc2cccc(C(F)(F)F)c2)cc1.Cc1ccc(C)s1. The molecule has 41 heavy (non-hydrogen) atoms. The van der Waals surface area contributed by atoms with Gasteiger partial charge in [-0.3, -0.25) is 4.79 Å².